The summed E-state index contributed by atoms with van der Waals surface area (Å²) in [6.07, 6.45) is 0. The van der Waals surface area contributed by atoms with Crippen molar-refractivity contribution < 1.29 is 9.90 Å². The Morgan fingerprint density at radius 3 is 2.44 bits per heavy atom. The molecule has 0 saturated carbocycles. The highest BCUT2D eigenvalue weighted by Gasteiger charge is 2.15. The molecule has 0 aliphatic rings. The van der Waals surface area contributed by atoms with E-state index < -0.39 is 5.97 Å². The summed E-state index contributed by atoms with van der Waals surface area (Å²) in [4.78, 5) is 19.5. The van der Waals surface area contributed by atoms with E-state index in [1.54, 1.807) is 6.92 Å². The second-order valence-corrected chi connectivity index (χ2v) is 4.92. The fraction of sp³-hybridized carbons (Fsp3) is 0.600. The molecule has 6 heteroatoms. The SMILES string of the molecule is Cc1nc(N(C)CCN(C)C)sc1C(=O)O. The molecule has 1 aromatic heterocycles. The highest BCUT2D eigenvalue weighted by atomic mass is 32.1. The summed E-state index contributed by atoms with van der Waals surface area (Å²) < 4.78 is 0. The van der Waals surface area contributed by atoms with Crippen LogP contribution in [0, 0.1) is 6.92 Å². The van der Waals surface area contributed by atoms with Crippen molar-refractivity contribution in [1.82, 2.24) is 9.88 Å². The number of rotatable bonds is 5. The number of carboxylic acid groups (broad SMARTS) is 1. The second kappa shape index (κ2) is 5.27. The van der Waals surface area contributed by atoms with Crippen LogP contribution in [0.3, 0.4) is 0 Å². The number of thiazole rings is 1. The number of hydrogen-bond donors (Lipinski definition) is 1. The lowest BCUT2D eigenvalue weighted by Crippen LogP contribution is -2.28. The number of anilines is 1. The van der Waals surface area contributed by atoms with Crippen LogP contribution >= 0.6 is 11.3 Å². The van der Waals surface area contributed by atoms with Gasteiger partial charge in [-0.05, 0) is 21.0 Å². The number of nitrogens with zero attached hydrogens (tertiary/aromatic N) is 3. The van der Waals surface area contributed by atoms with Crippen LogP contribution in [0.5, 0.6) is 0 Å². The van der Waals surface area contributed by atoms with Crippen LogP contribution in [0.15, 0.2) is 0 Å². The van der Waals surface area contributed by atoms with Crippen molar-refractivity contribution in [2.75, 3.05) is 39.1 Å². The summed E-state index contributed by atoms with van der Waals surface area (Å²) in [5.41, 5.74) is 0.587. The standard InChI is InChI=1S/C10H17N3O2S/c1-7-8(9(14)15)16-10(11-7)13(4)6-5-12(2)3/h5-6H2,1-4H3,(H,14,15). The van der Waals surface area contributed by atoms with Crippen LogP contribution in [-0.2, 0) is 0 Å². The molecule has 0 aliphatic heterocycles. The summed E-state index contributed by atoms with van der Waals surface area (Å²) in [5, 5.41) is 9.68. The third kappa shape index (κ3) is 3.18. The first-order chi connectivity index (χ1) is 7.41. The van der Waals surface area contributed by atoms with Crippen LogP contribution < -0.4 is 4.90 Å². The number of carbonyl (C=O) groups is 1. The van der Waals surface area contributed by atoms with E-state index in [-0.39, 0.29) is 0 Å². The maximum absolute atomic E-state index is 10.9. The fourth-order valence-electron chi connectivity index (χ4n) is 1.19. The zero-order valence-corrected chi connectivity index (χ0v) is 10.8. The smallest absolute Gasteiger partial charge is 0.347 e. The molecule has 1 aromatic rings. The van der Waals surface area contributed by atoms with Gasteiger partial charge in [0.15, 0.2) is 5.13 Å². The van der Waals surface area contributed by atoms with Crippen molar-refractivity contribution in [1.29, 1.82) is 0 Å². The largest absolute Gasteiger partial charge is 0.477 e. The molecule has 1 N–H and O–H groups in total. The average Bonchev–Trinajstić information content (AvgIpc) is 2.56. The Morgan fingerprint density at radius 1 is 1.38 bits per heavy atom. The number of aromatic carboxylic acids is 1. The number of likely N-dealkylation sites (N-methyl/N-ethyl adjacent to an activating group) is 2. The molecule has 0 bridgehead atoms. The van der Waals surface area contributed by atoms with E-state index in [2.05, 4.69) is 9.88 Å². The minimum Gasteiger partial charge on any atom is -0.477 e. The molecule has 0 radical (unpaired) electrons. The molecule has 16 heavy (non-hydrogen) atoms. The van der Waals surface area contributed by atoms with Gasteiger partial charge in [0, 0.05) is 20.1 Å². The third-order valence-corrected chi connectivity index (χ3v) is 3.45. The molecular weight excluding hydrogens is 226 g/mol. The zero-order valence-electron chi connectivity index (χ0n) is 10.0. The Balaban J connectivity index is 2.73. The average molecular weight is 243 g/mol. The van der Waals surface area contributed by atoms with Crippen molar-refractivity contribution in [2.45, 2.75) is 6.92 Å². The van der Waals surface area contributed by atoms with E-state index >= 15 is 0 Å². The maximum Gasteiger partial charge on any atom is 0.347 e. The summed E-state index contributed by atoms with van der Waals surface area (Å²) in [6.45, 7) is 3.47. The minimum atomic E-state index is -0.901. The van der Waals surface area contributed by atoms with Crippen molar-refractivity contribution >= 4 is 22.4 Å². The molecule has 1 rings (SSSR count). The molecule has 0 saturated heterocycles. The lowest BCUT2D eigenvalue weighted by Gasteiger charge is -2.18. The quantitative estimate of drug-likeness (QED) is 0.840. The topological polar surface area (TPSA) is 56.7 Å². The number of carboxylic acids is 1. The highest BCUT2D eigenvalue weighted by Crippen LogP contribution is 2.24. The number of aromatic nitrogens is 1. The Kier molecular flexibility index (Phi) is 4.26. The van der Waals surface area contributed by atoms with Crippen LogP contribution in [0.1, 0.15) is 15.4 Å². The maximum atomic E-state index is 10.9. The van der Waals surface area contributed by atoms with E-state index in [9.17, 15) is 4.79 Å². The van der Waals surface area contributed by atoms with Crippen LogP contribution in [0.25, 0.3) is 0 Å². The summed E-state index contributed by atoms with van der Waals surface area (Å²) in [7, 11) is 5.93. The molecule has 1 heterocycles. The normalized spacial score (nSPS) is 10.8. The second-order valence-electron chi connectivity index (χ2n) is 3.94. The van der Waals surface area contributed by atoms with Crippen LogP contribution in [0.2, 0.25) is 0 Å². The highest BCUT2D eigenvalue weighted by molar-refractivity contribution is 7.17. The van der Waals surface area contributed by atoms with Gasteiger partial charge in [-0.3, -0.25) is 0 Å². The van der Waals surface area contributed by atoms with Gasteiger partial charge >= 0.3 is 5.97 Å². The Morgan fingerprint density at radius 2 is 2.00 bits per heavy atom. The van der Waals surface area contributed by atoms with Gasteiger partial charge in [-0.1, -0.05) is 11.3 Å². The summed E-state index contributed by atoms with van der Waals surface area (Å²) >= 11 is 1.22. The minimum absolute atomic E-state index is 0.326. The molecule has 0 amide bonds. The van der Waals surface area contributed by atoms with Gasteiger partial charge in [0.2, 0.25) is 0 Å². The van der Waals surface area contributed by atoms with Crippen molar-refractivity contribution in [3.8, 4) is 0 Å². The van der Waals surface area contributed by atoms with Crippen molar-refractivity contribution in [2.24, 2.45) is 0 Å². The molecule has 90 valence electrons. The first-order valence-corrected chi connectivity index (χ1v) is 5.80. The molecule has 0 fully saturated rings. The summed E-state index contributed by atoms with van der Waals surface area (Å²) in [5.74, 6) is -0.901. The number of aryl methyl sites for hydroxylation is 1. The van der Waals surface area contributed by atoms with Gasteiger partial charge in [0.1, 0.15) is 4.88 Å². The predicted octanol–water partition coefficient (Wildman–Crippen LogP) is 1.15. The molecule has 0 aliphatic carbocycles. The van der Waals surface area contributed by atoms with Gasteiger partial charge in [-0.2, -0.15) is 0 Å². The molecule has 0 aromatic carbocycles. The first-order valence-electron chi connectivity index (χ1n) is 4.98. The van der Waals surface area contributed by atoms with E-state index in [1.807, 2.05) is 26.0 Å². The molecule has 0 unspecified atom stereocenters. The van der Waals surface area contributed by atoms with Crippen LogP contribution in [0.4, 0.5) is 5.13 Å². The molecular formula is C10H17N3O2S. The van der Waals surface area contributed by atoms with Crippen molar-refractivity contribution in [3.63, 3.8) is 0 Å². The van der Waals surface area contributed by atoms with Gasteiger partial charge < -0.3 is 14.9 Å². The molecule has 5 nitrogen and oxygen atoms in total. The Labute approximate surface area is 99.3 Å². The lowest BCUT2D eigenvalue weighted by molar-refractivity contribution is 0.0701. The summed E-state index contributed by atoms with van der Waals surface area (Å²) in [6, 6.07) is 0. The zero-order chi connectivity index (χ0) is 12.3. The van der Waals surface area contributed by atoms with Gasteiger partial charge in [-0.25, -0.2) is 9.78 Å². The van der Waals surface area contributed by atoms with Gasteiger partial charge in [0.05, 0.1) is 5.69 Å². The number of hydrogen-bond acceptors (Lipinski definition) is 5. The third-order valence-electron chi connectivity index (χ3n) is 2.19. The van der Waals surface area contributed by atoms with E-state index in [1.165, 1.54) is 11.3 Å². The van der Waals surface area contributed by atoms with E-state index in [0.717, 1.165) is 18.2 Å². The van der Waals surface area contributed by atoms with Gasteiger partial charge in [0.25, 0.3) is 0 Å². The molecule has 0 atom stereocenters. The first kappa shape index (κ1) is 12.9. The Bertz CT molecular complexity index is 376. The lowest BCUT2D eigenvalue weighted by atomic mass is 10.4. The van der Waals surface area contributed by atoms with Crippen molar-refractivity contribution in [3.05, 3.63) is 10.6 Å². The Hall–Kier alpha value is -1.14. The monoisotopic (exact) mass is 243 g/mol. The van der Waals surface area contributed by atoms with E-state index in [4.69, 9.17) is 5.11 Å². The predicted molar refractivity (Wildman–Crippen MR) is 65.6 cm³/mol. The fourth-order valence-corrected chi connectivity index (χ4v) is 2.08. The van der Waals surface area contributed by atoms with Gasteiger partial charge in [-0.15, -0.1) is 0 Å². The molecule has 0 spiro atoms. The van der Waals surface area contributed by atoms with Crippen LogP contribution in [-0.4, -0.2) is 55.2 Å². The van der Waals surface area contributed by atoms with E-state index in [0.29, 0.717) is 10.6 Å².